The lowest BCUT2D eigenvalue weighted by molar-refractivity contribution is -0.139. The van der Waals surface area contributed by atoms with Crippen molar-refractivity contribution in [3.8, 4) is 0 Å². The Labute approximate surface area is 249 Å². The Morgan fingerprint density at radius 3 is 2.17 bits per heavy atom. The van der Waals surface area contributed by atoms with Crippen molar-refractivity contribution in [1.82, 2.24) is 10.2 Å². The molecule has 0 saturated carbocycles. The third-order valence-corrected chi connectivity index (χ3v) is 8.70. The number of benzene rings is 3. The fourth-order valence-corrected chi connectivity index (χ4v) is 5.83. The molecule has 1 N–H and O–H groups in total. The van der Waals surface area contributed by atoms with Gasteiger partial charge >= 0.3 is 6.18 Å². The zero-order valence-electron chi connectivity index (χ0n) is 23.7. The van der Waals surface area contributed by atoms with E-state index >= 15 is 0 Å². The maximum Gasteiger partial charge on any atom is 0.416 e. The summed E-state index contributed by atoms with van der Waals surface area (Å²) in [5, 5.41) is 2.48. The number of aryl methyl sites for hydroxylation is 1. The van der Waals surface area contributed by atoms with Crippen LogP contribution in [0.2, 0.25) is 5.02 Å². The van der Waals surface area contributed by atoms with E-state index in [1.54, 1.807) is 18.2 Å². The molecule has 0 aromatic heterocycles. The molecule has 226 valence electrons. The van der Waals surface area contributed by atoms with Gasteiger partial charge in [-0.05, 0) is 61.2 Å². The van der Waals surface area contributed by atoms with Crippen molar-refractivity contribution in [2.45, 2.75) is 51.4 Å². The first-order chi connectivity index (χ1) is 19.6. The van der Waals surface area contributed by atoms with E-state index in [1.807, 2.05) is 32.9 Å². The third kappa shape index (κ3) is 8.04. The van der Waals surface area contributed by atoms with Gasteiger partial charge in [0.15, 0.2) is 0 Å². The molecule has 3 aromatic rings. The van der Waals surface area contributed by atoms with Crippen molar-refractivity contribution >= 4 is 39.1 Å². The van der Waals surface area contributed by atoms with Crippen LogP contribution in [-0.2, 0) is 32.3 Å². The Morgan fingerprint density at radius 1 is 0.952 bits per heavy atom. The second kappa shape index (κ2) is 13.6. The van der Waals surface area contributed by atoms with Gasteiger partial charge in [0.2, 0.25) is 11.8 Å². The Hall–Kier alpha value is -3.57. The number of carbonyl (C=O) groups excluding carboxylic acids is 2. The standard InChI is InChI=1S/C30H33ClF3N3O4S/c1-20(2)17-35-29(39)22(4)36(18-23-11-9-8-10-21(23)3)28(38)19-37(42(40,41)25-12-6-5-7-13-25)27-16-24(30(32,33)34)14-15-26(27)31/h5-16,20,22H,17-19H2,1-4H3,(H,35,39)/t22-/m0/s1. The molecule has 0 aliphatic rings. The van der Waals surface area contributed by atoms with Gasteiger partial charge in [-0.15, -0.1) is 0 Å². The quantitative estimate of drug-likeness (QED) is 0.282. The number of anilines is 1. The van der Waals surface area contributed by atoms with E-state index in [9.17, 15) is 31.2 Å². The summed E-state index contributed by atoms with van der Waals surface area (Å²) in [5.74, 6) is -1.13. The SMILES string of the molecule is Cc1ccccc1CN(C(=O)CN(c1cc(C(F)(F)F)ccc1Cl)S(=O)(=O)c1ccccc1)[C@@H](C)C(=O)NCC(C)C. The number of carbonyl (C=O) groups is 2. The summed E-state index contributed by atoms with van der Waals surface area (Å²) < 4.78 is 69.2. The van der Waals surface area contributed by atoms with Gasteiger partial charge < -0.3 is 10.2 Å². The highest BCUT2D eigenvalue weighted by Crippen LogP contribution is 2.37. The molecule has 0 aliphatic heterocycles. The van der Waals surface area contributed by atoms with Crippen LogP contribution in [0, 0.1) is 12.8 Å². The Balaban J connectivity index is 2.12. The summed E-state index contributed by atoms with van der Waals surface area (Å²) in [7, 11) is -4.58. The average molecular weight is 624 g/mol. The van der Waals surface area contributed by atoms with Gasteiger partial charge in [0.05, 0.1) is 21.2 Å². The van der Waals surface area contributed by atoms with E-state index in [0.29, 0.717) is 22.5 Å². The molecule has 0 spiro atoms. The molecule has 0 fully saturated rings. The second-order valence-electron chi connectivity index (χ2n) is 10.3. The molecule has 42 heavy (non-hydrogen) atoms. The predicted molar refractivity (Wildman–Crippen MR) is 156 cm³/mol. The highest BCUT2D eigenvalue weighted by Gasteiger charge is 2.36. The number of alkyl halides is 3. The molecule has 2 amide bonds. The molecule has 0 saturated heterocycles. The average Bonchev–Trinajstić information content (AvgIpc) is 2.94. The zero-order chi connectivity index (χ0) is 31.2. The van der Waals surface area contributed by atoms with Crippen molar-refractivity contribution in [2.75, 3.05) is 17.4 Å². The Bertz CT molecular complexity index is 1520. The zero-order valence-corrected chi connectivity index (χ0v) is 25.2. The molecule has 7 nitrogen and oxygen atoms in total. The first-order valence-electron chi connectivity index (χ1n) is 13.2. The van der Waals surface area contributed by atoms with Crippen LogP contribution < -0.4 is 9.62 Å². The third-order valence-electron chi connectivity index (χ3n) is 6.61. The predicted octanol–water partition coefficient (Wildman–Crippen LogP) is 6.05. The molecule has 0 radical (unpaired) electrons. The van der Waals surface area contributed by atoms with Crippen molar-refractivity contribution in [1.29, 1.82) is 0 Å². The fourth-order valence-electron chi connectivity index (χ4n) is 4.12. The lowest BCUT2D eigenvalue weighted by Crippen LogP contribution is -2.51. The van der Waals surface area contributed by atoms with Crippen molar-refractivity contribution in [3.05, 3.63) is 94.5 Å². The number of hydrogen-bond acceptors (Lipinski definition) is 4. The van der Waals surface area contributed by atoms with Crippen molar-refractivity contribution in [3.63, 3.8) is 0 Å². The van der Waals surface area contributed by atoms with Crippen LogP contribution >= 0.6 is 11.6 Å². The van der Waals surface area contributed by atoms with Crippen LogP contribution in [0.15, 0.2) is 77.7 Å². The van der Waals surface area contributed by atoms with Crippen LogP contribution in [0.25, 0.3) is 0 Å². The van der Waals surface area contributed by atoms with Gasteiger partial charge in [-0.2, -0.15) is 13.2 Å². The molecule has 0 bridgehead atoms. The first kappa shape index (κ1) is 32.9. The lowest BCUT2D eigenvalue weighted by Gasteiger charge is -2.32. The Kier molecular flexibility index (Phi) is 10.7. The maximum absolute atomic E-state index is 14.0. The van der Waals surface area contributed by atoms with Gasteiger partial charge in [0.25, 0.3) is 10.0 Å². The molecular formula is C30H33ClF3N3O4S. The summed E-state index contributed by atoms with van der Waals surface area (Å²) in [6.45, 7) is 6.56. The lowest BCUT2D eigenvalue weighted by atomic mass is 10.1. The smallest absolute Gasteiger partial charge is 0.354 e. The van der Waals surface area contributed by atoms with E-state index in [4.69, 9.17) is 11.6 Å². The van der Waals surface area contributed by atoms with E-state index in [0.717, 1.165) is 17.7 Å². The largest absolute Gasteiger partial charge is 0.416 e. The van der Waals surface area contributed by atoms with Gasteiger partial charge in [-0.3, -0.25) is 13.9 Å². The fraction of sp³-hybridized carbons (Fsp3) is 0.333. The van der Waals surface area contributed by atoms with E-state index in [1.165, 1.54) is 36.1 Å². The minimum atomic E-state index is -4.80. The van der Waals surface area contributed by atoms with Crippen LogP contribution in [0.3, 0.4) is 0 Å². The van der Waals surface area contributed by atoms with Crippen LogP contribution in [0.4, 0.5) is 18.9 Å². The molecule has 12 heteroatoms. The highest BCUT2D eigenvalue weighted by atomic mass is 35.5. The summed E-state index contributed by atoms with van der Waals surface area (Å²) in [6, 6.07) is 15.4. The molecule has 3 aromatic carbocycles. The topological polar surface area (TPSA) is 86.8 Å². The molecular weight excluding hydrogens is 591 g/mol. The summed E-state index contributed by atoms with van der Waals surface area (Å²) in [6.07, 6.45) is -4.80. The van der Waals surface area contributed by atoms with Gasteiger partial charge in [-0.1, -0.05) is 67.9 Å². The monoisotopic (exact) mass is 623 g/mol. The number of rotatable bonds is 11. The van der Waals surface area contributed by atoms with Crippen LogP contribution in [0.1, 0.15) is 37.5 Å². The molecule has 0 aliphatic carbocycles. The number of halogens is 4. The van der Waals surface area contributed by atoms with E-state index in [2.05, 4.69) is 5.32 Å². The minimum absolute atomic E-state index is 0.0443. The number of sulfonamides is 1. The first-order valence-corrected chi connectivity index (χ1v) is 15.0. The molecule has 0 heterocycles. The van der Waals surface area contributed by atoms with E-state index < -0.39 is 51.9 Å². The number of nitrogens with one attached hydrogen (secondary N) is 1. The normalized spacial score (nSPS) is 12.6. The molecule has 3 rings (SSSR count). The summed E-state index contributed by atoms with van der Waals surface area (Å²) >= 11 is 6.27. The van der Waals surface area contributed by atoms with Gasteiger partial charge in [0.1, 0.15) is 12.6 Å². The number of nitrogens with zero attached hydrogens (tertiary/aromatic N) is 2. The summed E-state index contributed by atoms with van der Waals surface area (Å²) in [4.78, 5) is 28.0. The van der Waals surface area contributed by atoms with Gasteiger partial charge in [0, 0.05) is 13.1 Å². The van der Waals surface area contributed by atoms with Crippen molar-refractivity contribution < 1.29 is 31.2 Å². The maximum atomic E-state index is 14.0. The summed E-state index contributed by atoms with van der Waals surface area (Å²) in [5.41, 5.74) is -0.110. The van der Waals surface area contributed by atoms with E-state index in [-0.39, 0.29) is 22.4 Å². The van der Waals surface area contributed by atoms with Crippen molar-refractivity contribution in [2.24, 2.45) is 5.92 Å². The number of amides is 2. The molecule has 1 atom stereocenters. The van der Waals surface area contributed by atoms with Gasteiger partial charge in [-0.25, -0.2) is 8.42 Å². The number of hydrogen-bond donors (Lipinski definition) is 1. The second-order valence-corrected chi connectivity index (χ2v) is 12.5. The Morgan fingerprint density at radius 2 is 1.57 bits per heavy atom. The highest BCUT2D eigenvalue weighted by molar-refractivity contribution is 7.92. The minimum Gasteiger partial charge on any atom is -0.354 e. The molecule has 0 unspecified atom stereocenters. The van der Waals surface area contributed by atoms with Crippen LogP contribution in [-0.4, -0.2) is 44.3 Å². The van der Waals surface area contributed by atoms with Crippen LogP contribution in [0.5, 0.6) is 0 Å².